The van der Waals surface area contributed by atoms with Crippen LogP contribution in [0.2, 0.25) is 0 Å². The van der Waals surface area contributed by atoms with Gasteiger partial charge in [-0.3, -0.25) is 9.78 Å². The van der Waals surface area contributed by atoms with Gasteiger partial charge in [0.1, 0.15) is 5.69 Å². The lowest BCUT2D eigenvalue weighted by Gasteiger charge is -2.16. The Hall–Kier alpha value is -3.29. The Labute approximate surface area is 150 Å². The predicted molar refractivity (Wildman–Crippen MR) is 94.6 cm³/mol. The molecule has 8 nitrogen and oxygen atoms in total. The molecular weight excluding hydrogens is 332 g/mol. The van der Waals surface area contributed by atoms with Gasteiger partial charge in [-0.05, 0) is 24.3 Å². The molecule has 26 heavy (non-hydrogen) atoms. The van der Waals surface area contributed by atoms with E-state index in [0.29, 0.717) is 24.6 Å². The van der Waals surface area contributed by atoms with E-state index in [2.05, 4.69) is 20.2 Å². The Balaban J connectivity index is 1.58. The normalized spacial score (nSPS) is 19.7. The van der Waals surface area contributed by atoms with Gasteiger partial charge in [0.2, 0.25) is 0 Å². The van der Waals surface area contributed by atoms with E-state index in [4.69, 9.17) is 0 Å². The summed E-state index contributed by atoms with van der Waals surface area (Å²) in [4.78, 5) is 22.3. The number of carboxylic acids is 1. The molecule has 0 aliphatic carbocycles. The highest BCUT2D eigenvalue weighted by Crippen LogP contribution is 2.34. The Morgan fingerprint density at radius 1 is 1.12 bits per heavy atom. The van der Waals surface area contributed by atoms with Crippen LogP contribution < -0.4 is 4.90 Å². The molecule has 0 aromatic carbocycles. The van der Waals surface area contributed by atoms with E-state index in [9.17, 15) is 9.90 Å². The monoisotopic (exact) mass is 350 g/mol. The SMILES string of the molecule is Cn1ccnc1-c1ccc(N2C[C@@H](C(=O)O)[C@H](c3ccccn3)C2)nn1. The van der Waals surface area contributed by atoms with Crippen molar-refractivity contribution in [1.29, 1.82) is 0 Å². The molecule has 4 rings (SSSR count). The number of carboxylic acid groups (broad SMARTS) is 1. The van der Waals surface area contributed by atoms with E-state index < -0.39 is 11.9 Å². The maximum absolute atomic E-state index is 11.7. The van der Waals surface area contributed by atoms with Crippen molar-refractivity contribution in [2.45, 2.75) is 5.92 Å². The molecule has 0 saturated carbocycles. The van der Waals surface area contributed by atoms with E-state index in [1.807, 2.05) is 53.0 Å². The Kier molecular flexibility index (Phi) is 4.08. The summed E-state index contributed by atoms with van der Waals surface area (Å²) in [6, 6.07) is 9.30. The molecule has 1 aliphatic rings. The van der Waals surface area contributed by atoms with Crippen LogP contribution in [0.25, 0.3) is 11.5 Å². The van der Waals surface area contributed by atoms with E-state index in [-0.39, 0.29) is 5.92 Å². The number of aromatic nitrogens is 5. The molecule has 0 spiro atoms. The summed E-state index contributed by atoms with van der Waals surface area (Å²) in [5, 5.41) is 18.2. The van der Waals surface area contributed by atoms with Crippen LogP contribution in [-0.2, 0) is 11.8 Å². The van der Waals surface area contributed by atoms with Gasteiger partial charge in [-0.1, -0.05) is 6.07 Å². The number of aliphatic carboxylic acids is 1. The summed E-state index contributed by atoms with van der Waals surface area (Å²) in [5.41, 5.74) is 1.47. The fraction of sp³-hybridized carbons (Fsp3) is 0.278. The summed E-state index contributed by atoms with van der Waals surface area (Å²) in [7, 11) is 1.90. The minimum atomic E-state index is -0.819. The van der Waals surface area contributed by atoms with Crippen molar-refractivity contribution in [3.05, 3.63) is 54.6 Å². The second-order valence-electron chi connectivity index (χ2n) is 6.35. The Morgan fingerprint density at radius 3 is 2.62 bits per heavy atom. The predicted octanol–water partition coefficient (Wildman–Crippen LogP) is 1.58. The van der Waals surface area contributed by atoms with Gasteiger partial charge >= 0.3 is 5.97 Å². The van der Waals surface area contributed by atoms with Crippen molar-refractivity contribution in [3.8, 4) is 11.5 Å². The van der Waals surface area contributed by atoms with E-state index >= 15 is 0 Å². The number of hydrogen-bond acceptors (Lipinski definition) is 6. The zero-order valence-electron chi connectivity index (χ0n) is 14.2. The van der Waals surface area contributed by atoms with Gasteiger partial charge in [-0.25, -0.2) is 4.98 Å². The van der Waals surface area contributed by atoms with Crippen LogP contribution in [0.1, 0.15) is 11.6 Å². The number of rotatable bonds is 4. The molecule has 4 heterocycles. The molecule has 2 atom stereocenters. The smallest absolute Gasteiger partial charge is 0.309 e. The van der Waals surface area contributed by atoms with Gasteiger partial charge in [0.15, 0.2) is 11.6 Å². The molecule has 0 bridgehead atoms. The first kappa shape index (κ1) is 16.2. The first-order valence-electron chi connectivity index (χ1n) is 8.33. The molecule has 132 valence electrons. The third-order valence-electron chi connectivity index (χ3n) is 4.73. The topological polar surface area (TPSA) is 97.0 Å². The van der Waals surface area contributed by atoms with Gasteiger partial charge < -0.3 is 14.6 Å². The van der Waals surface area contributed by atoms with Gasteiger partial charge in [0.25, 0.3) is 0 Å². The Morgan fingerprint density at radius 2 is 2.00 bits per heavy atom. The lowest BCUT2D eigenvalue weighted by atomic mass is 9.93. The minimum Gasteiger partial charge on any atom is -0.481 e. The van der Waals surface area contributed by atoms with Crippen LogP contribution in [-0.4, -0.2) is 48.9 Å². The summed E-state index contributed by atoms with van der Waals surface area (Å²) in [6.07, 6.45) is 5.25. The van der Waals surface area contributed by atoms with E-state index in [1.54, 1.807) is 12.4 Å². The van der Waals surface area contributed by atoms with Crippen molar-refractivity contribution in [2.24, 2.45) is 13.0 Å². The van der Waals surface area contributed by atoms with Crippen molar-refractivity contribution < 1.29 is 9.90 Å². The minimum absolute atomic E-state index is 0.176. The van der Waals surface area contributed by atoms with Gasteiger partial charge in [-0.2, -0.15) is 0 Å². The third-order valence-corrected chi connectivity index (χ3v) is 4.73. The first-order chi connectivity index (χ1) is 12.6. The number of hydrogen-bond donors (Lipinski definition) is 1. The fourth-order valence-electron chi connectivity index (χ4n) is 3.36. The summed E-state index contributed by atoms with van der Waals surface area (Å²) < 4.78 is 1.87. The number of pyridine rings is 1. The lowest BCUT2D eigenvalue weighted by molar-refractivity contribution is -0.141. The molecule has 1 saturated heterocycles. The quantitative estimate of drug-likeness (QED) is 0.763. The highest BCUT2D eigenvalue weighted by molar-refractivity contribution is 5.73. The van der Waals surface area contributed by atoms with Crippen molar-refractivity contribution in [3.63, 3.8) is 0 Å². The standard InChI is InChI=1S/C18H18N6O2/c1-23-9-8-20-17(23)15-5-6-16(22-21-15)24-10-12(13(11-24)18(25)26)14-4-2-3-7-19-14/h2-9,12-13H,10-11H2,1H3,(H,25,26)/t12-,13-/m1/s1. The van der Waals surface area contributed by atoms with Gasteiger partial charge in [0.05, 0.1) is 5.92 Å². The molecular formula is C18H18N6O2. The highest BCUT2D eigenvalue weighted by Gasteiger charge is 2.40. The molecule has 1 N–H and O–H groups in total. The zero-order valence-corrected chi connectivity index (χ0v) is 14.2. The maximum atomic E-state index is 11.7. The van der Waals surface area contributed by atoms with E-state index in [0.717, 1.165) is 11.5 Å². The van der Waals surface area contributed by atoms with Crippen LogP contribution in [0.5, 0.6) is 0 Å². The lowest BCUT2D eigenvalue weighted by Crippen LogP contribution is -2.24. The highest BCUT2D eigenvalue weighted by atomic mass is 16.4. The zero-order chi connectivity index (χ0) is 18.1. The molecule has 0 amide bonds. The van der Waals surface area contributed by atoms with Crippen LogP contribution in [0.15, 0.2) is 48.9 Å². The van der Waals surface area contributed by atoms with Crippen LogP contribution in [0, 0.1) is 5.92 Å². The van der Waals surface area contributed by atoms with E-state index in [1.165, 1.54) is 0 Å². The van der Waals surface area contributed by atoms with Gasteiger partial charge in [-0.15, -0.1) is 10.2 Å². The number of nitrogens with zero attached hydrogens (tertiary/aromatic N) is 6. The average Bonchev–Trinajstić information content (AvgIpc) is 3.29. The van der Waals surface area contributed by atoms with Crippen molar-refractivity contribution in [1.82, 2.24) is 24.7 Å². The number of anilines is 1. The second kappa shape index (κ2) is 6.55. The number of carbonyl (C=O) groups is 1. The summed E-state index contributed by atoms with van der Waals surface area (Å²) in [6.45, 7) is 0.928. The largest absolute Gasteiger partial charge is 0.481 e. The van der Waals surface area contributed by atoms with Crippen LogP contribution >= 0.6 is 0 Å². The van der Waals surface area contributed by atoms with Crippen LogP contribution in [0.3, 0.4) is 0 Å². The maximum Gasteiger partial charge on any atom is 0.309 e. The summed E-state index contributed by atoms with van der Waals surface area (Å²) in [5.74, 6) is -0.126. The Bertz CT molecular complexity index is 909. The first-order valence-corrected chi connectivity index (χ1v) is 8.33. The molecule has 1 fully saturated rings. The molecule has 8 heteroatoms. The van der Waals surface area contributed by atoms with Gasteiger partial charge in [0, 0.05) is 50.3 Å². The third kappa shape index (κ3) is 2.90. The number of aryl methyl sites for hydroxylation is 1. The molecule has 0 radical (unpaired) electrons. The molecule has 3 aromatic heterocycles. The molecule has 0 unspecified atom stereocenters. The molecule has 3 aromatic rings. The van der Waals surface area contributed by atoms with Crippen molar-refractivity contribution in [2.75, 3.05) is 18.0 Å². The van der Waals surface area contributed by atoms with Crippen molar-refractivity contribution >= 4 is 11.8 Å². The summed E-state index contributed by atoms with van der Waals surface area (Å²) >= 11 is 0. The van der Waals surface area contributed by atoms with Crippen LogP contribution in [0.4, 0.5) is 5.82 Å². The second-order valence-corrected chi connectivity index (χ2v) is 6.35. The fourth-order valence-corrected chi connectivity index (χ4v) is 3.36. The molecule has 1 aliphatic heterocycles. The average molecular weight is 350 g/mol. The number of imidazole rings is 1.